The maximum atomic E-state index is 12.2. The molecule has 0 aromatic rings. The number of esters is 1. The molecule has 0 aromatic carbocycles. The standard InChI is InChI=1S/C13H21NO5.C12H25NO4/c1-12(2,3)19-11(17)14-8(9(15)18-6)7-13(4,5)10(14)16;1-11(2,3)17-10(16)13-9(7-14)6-12(4,5)8-15/h8H,7H2,1-6H3;9,14-15H,6-8H2,1-5H3,(H,13,16)/t8-;9-/m00/s1. The number of methoxy groups -OCH3 is 1. The van der Waals surface area contributed by atoms with Crippen molar-refractivity contribution in [3.63, 3.8) is 0 Å². The molecule has 1 rings (SSSR count). The maximum Gasteiger partial charge on any atom is 0.417 e. The molecule has 1 fully saturated rings. The predicted molar refractivity (Wildman–Crippen MR) is 133 cm³/mol. The third kappa shape index (κ3) is 11.6. The van der Waals surface area contributed by atoms with Crippen LogP contribution in [0.5, 0.6) is 0 Å². The molecule has 210 valence electrons. The van der Waals surface area contributed by atoms with Gasteiger partial charge in [-0.25, -0.2) is 19.3 Å². The zero-order valence-electron chi connectivity index (χ0n) is 23.7. The van der Waals surface area contributed by atoms with E-state index in [-0.39, 0.29) is 25.0 Å². The number of aliphatic hydroxyl groups excluding tert-OH is 2. The predicted octanol–water partition coefficient (Wildman–Crippen LogP) is 3.00. The summed E-state index contributed by atoms with van der Waals surface area (Å²) in [7, 11) is 1.23. The molecule has 0 spiro atoms. The molecule has 36 heavy (non-hydrogen) atoms. The highest BCUT2D eigenvalue weighted by Gasteiger charge is 2.52. The zero-order valence-corrected chi connectivity index (χ0v) is 23.7. The molecule has 0 unspecified atom stereocenters. The van der Waals surface area contributed by atoms with Crippen LogP contribution >= 0.6 is 0 Å². The summed E-state index contributed by atoms with van der Waals surface area (Å²) >= 11 is 0. The summed E-state index contributed by atoms with van der Waals surface area (Å²) in [6.45, 7) is 17.4. The van der Waals surface area contributed by atoms with Crippen molar-refractivity contribution < 1.29 is 43.6 Å². The van der Waals surface area contributed by atoms with Crippen LogP contribution in [0.2, 0.25) is 0 Å². The van der Waals surface area contributed by atoms with Gasteiger partial charge in [-0.05, 0) is 59.8 Å². The normalized spacial score (nSPS) is 18.5. The lowest BCUT2D eigenvalue weighted by Crippen LogP contribution is -2.46. The van der Waals surface area contributed by atoms with Crippen LogP contribution in [0, 0.1) is 10.8 Å². The van der Waals surface area contributed by atoms with E-state index in [1.165, 1.54) is 7.11 Å². The molecule has 3 amide bonds. The Labute approximate surface area is 214 Å². The fourth-order valence-electron chi connectivity index (χ4n) is 3.34. The van der Waals surface area contributed by atoms with Gasteiger partial charge < -0.3 is 29.7 Å². The Bertz CT molecular complexity index is 779. The molecule has 1 heterocycles. The molecule has 0 aliphatic carbocycles. The number of rotatable bonds is 6. The molecule has 0 aromatic heterocycles. The minimum atomic E-state index is -0.914. The second kappa shape index (κ2) is 12.7. The van der Waals surface area contributed by atoms with Gasteiger partial charge in [0.1, 0.15) is 17.2 Å². The average molecular weight is 519 g/mol. The van der Waals surface area contributed by atoms with Crippen molar-refractivity contribution in [2.24, 2.45) is 10.8 Å². The highest BCUT2D eigenvalue weighted by Crippen LogP contribution is 2.36. The second-order valence-electron chi connectivity index (χ2n) is 12.3. The Hall–Kier alpha value is -2.40. The number of carbonyl (C=O) groups excluding carboxylic acids is 4. The molecule has 11 heteroatoms. The summed E-state index contributed by atoms with van der Waals surface area (Å²) < 4.78 is 14.9. The van der Waals surface area contributed by atoms with E-state index < -0.39 is 52.8 Å². The minimum Gasteiger partial charge on any atom is -0.467 e. The number of alkyl carbamates (subject to hydrolysis) is 1. The Balaban J connectivity index is 0.000000686. The quantitative estimate of drug-likeness (QED) is 0.356. The first kappa shape index (κ1) is 33.6. The Morgan fingerprint density at radius 2 is 1.53 bits per heavy atom. The zero-order chi connectivity index (χ0) is 28.7. The molecule has 3 N–H and O–H groups in total. The first-order chi connectivity index (χ1) is 16.1. The molecule has 0 radical (unpaired) electrons. The first-order valence-electron chi connectivity index (χ1n) is 11.9. The van der Waals surface area contributed by atoms with Crippen molar-refractivity contribution in [2.75, 3.05) is 20.3 Å². The minimum absolute atomic E-state index is 0.000498. The molecule has 1 aliphatic heterocycles. The van der Waals surface area contributed by atoms with Gasteiger partial charge in [0.15, 0.2) is 0 Å². The number of amides is 3. The van der Waals surface area contributed by atoms with E-state index in [0.717, 1.165) is 4.90 Å². The summed E-state index contributed by atoms with van der Waals surface area (Å²) in [5.74, 6) is -1.03. The Morgan fingerprint density at radius 3 is 1.92 bits per heavy atom. The maximum absolute atomic E-state index is 12.2. The van der Waals surface area contributed by atoms with E-state index in [4.69, 9.17) is 14.6 Å². The van der Waals surface area contributed by atoms with E-state index >= 15 is 0 Å². The van der Waals surface area contributed by atoms with E-state index in [2.05, 4.69) is 10.1 Å². The van der Waals surface area contributed by atoms with E-state index in [0.29, 0.717) is 6.42 Å². The molecule has 1 aliphatic rings. The highest BCUT2D eigenvalue weighted by molar-refractivity contribution is 6.02. The first-order valence-corrected chi connectivity index (χ1v) is 11.9. The summed E-state index contributed by atoms with van der Waals surface area (Å²) in [6.07, 6.45) is -0.638. The SMILES string of the molecule is CC(C)(CO)C[C@@H](CO)NC(=O)OC(C)(C)C.COC(=O)[C@@H]1CC(C)(C)C(=O)N1C(=O)OC(C)(C)C. The third-order valence-corrected chi connectivity index (χ3v) is 5.04. The van der Waals surface area contributed by atoms with E-state index in [1.54, 1.807) is 55.4 Å². The molecule has 11 nitrogen and oxygen atoms in total. The van der Waals surface area contributed by atoms with Crippen molar-refractivity contribution in [3.05, 3.63) is 0 Å². The number of ether oxygens (including phenoxy) is 3. The second-order valence-corrected chi connectivity index (χ2v) is 12.3. The van der Waals surface area contributed by atoms with Crippen LogP contribution in [0.4, 0.5) is 9.59 Å². The summed E-state index contributed by atoms with van der Waals surface area (Å²) in [6, 6.07) is -1.32. The fourth-order valence-corrected chi connectivity index (χ4v) is 3.34. The van der Waals surface area contributed by atoms with Gasteiger partial charge in [0.05, 0.1) is 19.8 Å². The Kier molecular flexibility index (Phi) is 11.9. The van der Waals surface area contributed by atoms with E-state index in [9.17, 15) is 24.3 Å². The summed E-state index contributed by atoms with van der Waals surface area (Å²) in [4.78, 5) is 48.3. The lowest BCUT2D eigenvalue weighted by Gasteiger charge is -2.28. The van der Waals surface area contributed by atoms with E-state index in [1.807, 2.05) is 13.8 Å². The number of hydrogen-bond acceptors (Lipinski definition) is 9. The number of carbonyl (C=O) groups is 4. The van der Waals surface area contributed by atoms with Crippen molar-refractivity contribution in [1.29, 1.82) is 0 Å². The van der Waals surface area contributed by atoms with Crippen molar-refractivity contribution >= 4 is 24.1 Å². The highest BCUT2D eigenvalue weighted by atomic mass is 16.6. The third-order valence-electron chi connectivity index (χ3n) is 5.04. The number of nitrogens with zero attached hydrogens (tertiary/aromatic N) is 1. The van der Waals surface area contributed by atoms with Crippen LogP contribution in [-0.4, -0.2) is 82.8 Å². The monoisotopic (exact) mass is 518 g/mol. The molecular weight excluding hydrogens is 472 g/mol. The van der Waals surface area contributed by atoms with Crippen LogP contribution in [0.3, 0.4) is 0 Å². The summed E-state index contributed by atoms with van der Waals surface area (Å²) in [5.41, 5.74) is -2.42. The smallest absolute Gasteiger partial charge is 0.417 e. The number of nitrogens with one attached hydrogen (secondary N) is 1. The van der Waals surface area contributed by atoms with Gasteiger partial charge in [-0.3, -0.25) is 4.79 Å². The molecule has 0 saturated carbocycles. The molecule has 0 bridgehead atoms. The van der Waals surface area contributed by atoms with Crippen LogP contribution in [0.25, 0.3) is 0 Å². The fraction of sp³-hybridized carbons (Fsp3) is 0.840. The lowest BCUT2D eigenvalue weighted by atomic mass is 9.87. The summed E-state index contributed by atoms with van der Waals surface area (Å²) in [5, 5.41) is 20.9. The van der Waals surface area contributed by atoms with Gasteiger partial charge in [0.25, 0.3) is 0 Å². The average Bonchev–Trinajstić information content (AvgIpc) is 2.93. The van der Waals surface area contributed by atoms with Gasteiger partial charge >= 0.3 is 18.2 Å². The topological polar surface area (TPSA) is 152 Å². The van der Waals surface area contributed by atoms with Crippen LogP contribution < -0.4 is 5.32 Å². The van der Waals surface area contributed by atoms with Gasteiger partial charge in [-0.15, -0.1) is 0 Å². The van der Waals surface area contributed by atoms with Crippen LogP contribution in [0.1, 0.15) is 82.1 Å². The number of imide groups is 1. The van der Waals surface area contributed by atoms with Gasteiger partial charge in [-0.2, -0.15) is 0 Å². The molecule has 1 saturated heterocycles. The lowest BCUT2D eigenvalue weighted by molar-refractivity contribution is -0.149. The van der Waals surface area contributed by atoms with Gasteiger partial charge in [0.2, 0.25) is 5.91 Å². The molecule has 2 atom stereocenters. The number of aliphatic hydroxyl groups is 2. The van der Waals surface area contributed by atoms with Crippen molar-refractivity contribution in [1.82, 2.24) is 10.2 Å². The number of hydrogen-bond donors (Lipinski definition) is 3. The van der Waals surface area contributed by atoms with Crippen LogP contribution in [0.15, 0.2) is 0 Å². The molecular formula is C25H46N2O9. The number of likely N-dealkylation sites (tertiary alicyclic amines) is 1. The van der Waals surface area contributed by atoms with Crippen molar-refractivity contribution in [2.45, 2.75) is 105 Å². The van der Waals surface area contributed by atoms with Gasteiger partial charge in [0, 0.05) is 12.0 Å². The van der Waals surface area contributed by atoms with Crippen LogP contribution in [-0.2, 0) is 23.8 Å². The van der Waals surface area contributed by atoms with Crippen molar-refractivity contribution in [3.8, 4) is 0 Å². The van der Waals surface area contributed by atoms with Gasteiger partial charge in [-0.1, -0.05) is 27.7 Å². The largest absolute Gasteiger partial charge is 0.467 e. The Morgan fingerprint density at radius 1 is 1.03 bits per heavy atom.